The zero-order chi connectivity index (χ0) is 16.5. The minimum atomic E-state index is -1.05. The molecular formula is C17H23NO4. The first kappa shape index (κ1) is 16.5. The molecule has 0 aromatic heterocycles. The van der Waals surface area contributed by atoms with Crippen molar-refractivity contribution in [1.29, 1.82) is 0 Å². The van der Waals surface area contributed by atoms with Gasteiger partial charge in [0, 0.05) is 18.7 Å². The molecule has 1 heterocycles. The zero-order valence-electron chi connectivity index (χ0n) is 13.2. The number of nitrogens with zero attached hydrogens (tertiary/aromatic N) is 1. The van der Waals surface area contributed by atoms with Crippen LogP contribution in [0.4, 0.5) is 0 Å². The summed E-state index contributed by atoms with van der Waals surface area (Å²) >= 11 is 0. The number of carboxylic acid groups (broad SMARTS) is 1. The van der Waals surface area contributed by atoms with Crippen LogP contribution >= 0.6 is 0 Å². The maximum Gasteiger partial charge on any atom is 0.335 e. The molecule has 2 atom stereocenters. The fourth-order valence-electron chi connectivity index (χ4n) is 3.09. The van der Waals surface area contributed by atoms with Gasteiger partial charge in [-0.1, -0.05) is 26.8 Å². The Kier molecular flexibility index (Phi) is 4.56. The highest BCUT2D eigenvalue weighted by molar-refractivity contribution is 5.97. The van der Waals surface area contributed by atoms with Gasteiger partial charge in [-0.05, 0) is 36.0 Å². The SMILES string of the molecule is CC(C)(C)C1CCN(C(=O)c2cccc(C(=O)O)c2)CC1O. The Morgan fingerprint density at radius 1 is 1.23 bits per heavy atom. The number of aliphatic hydroxyl groups excluding tert-OH is 1. The van der Waals surface area contributed by atoms with Gasteiger partial charge >= 0.3 is 5.97 Å². The van der Waals surface area contributed by atoms with E-state index in [0.29, 0.717) is 12.1 Å². The predicted molar refractivity (Wildman–Crippen MR) is 82.9 cm³/mol. The number of hydrogen-bond donors (Lipinski definition) is 2. The molecular weight excluding hydrogens is 282 g/mol. The van der Waals surface area contributed by atoms with Crippen LogP contribution in [0.1, 0.15) is 47.9 Å². The quantitative estimate of drug-likeness (QED) is 0.878. The van der Waals surface area contributed by atoms with Crippen LogP contribution in [-0.4, -0.2) is 46.2 Å². The molecule has 1 amide bonds. The van der Waals surface area contributed by atoms with Crippen LogP contribution in [-0.2, 0) is 0 Å². The second-order valence-electron chi connectivity index (χ2n) is 6.97. The lowest BCUT2D eigenvalue weighted by atomic mass is 9.73. The summed E-state index contributed by atoms with van der Waals surface area (Å²) in [6, 6.07) is 6.01. The third kappa shape index (κ3) is 3.47. The summed E-state index contributed by atoms with van der Waals surface area (Å²) in [7, 11) is 0. The second kappa shape index (κ2) is 6.08. The fraction of sp³-hybridized carbons (Fsp3) is 0.529. The Labute approximate surface area is 130 Å². The standard InChI is InChI=1S/C17H23NO4/c1-17(2,3)13-7-8-18(10-14(13)19)15(20)11-5-4-6-12(9-11)16(21)22/h4-6,9,13-14,19H,7-8,10H2,1-3H3,(H,21,22). The summed E-state index contributed by atoms with van der Waals surface area (Å²) < 4.78 is 0. The van der Waals surface area contributed by atoms with Crippen molar-refractivity contribution in [3.8, 4) is 0 Å². The monoisotopic (exact) mass is 305 g/mol. The number of benzene rings is 1. The summed E-state index contributed by atoms with van der Waals surface area (Å²) in [5.74, 6) is -1.13. The summed E-state index contributed by atoms with van der Waals surface area (Å²) in [6.07, 6.45) is 0.190. The van der Waals surface area contributed by atoms with E-state index in [0.717, 1.165) is 6.42 Å². The molecule has 0 saturated carbocycles. The van der Waals surface area contributed by atoms with Crippen LogP contribution in [0.25, 0.3) is 0 Å². The van der Waals surface area contributed by atoms with Crippen molar-refractivity contribution in [2.75, 3.05) is 13.1 Å². The fourth-order valence-corrected chi connectivity index (χ4v) is 3.09. The number of rotatable bonds is 2. The van der Waals surface area contributed by atoms with Crippen molar-refractivity contribution in [2.45, 2.75) is 33.3 Å². The van der Waals surface area contributed by atoms with Gasteiger partial charge in [0.2, 0.25) is 0 Å². The van der Waals surface area contributed by atoms with E-state index in [9.17, 15) is 14.7 Å². The largest absolute Gasteiger partial charge is 0.478 e. The van der Waals surface area contributed by atoms with E-state index < -0.39 is 12.1 Å². The summed E-state index contributed by atoms with van der Waals surface area (Å²) in [5, 5.41) is 19.3. The lowest BCUT2D eigenvalue weighted by Gasteiger charge is -2.42. The van der Waals surface area contributed by atoms with Gasteiger partial charge in [-0.3, -0.25) is 4.79 Å². The number of carboxylic acids is 1. The van der Waals surface area contributed by atoms with Crippen LogP contribution in [0.5, 0.6) is 0 Å². The third-order valence-corrected chi connectivity index (χ3v) is 4.34. The van der Waals surface area contributed by atoms with Crippen molar-refractivity contribution in [3.05, 3.63) is 35.4 Å². The molecule has 1 aromatic rings. The van der Waals surface area contributed by atoms with Gasteiger partial charge in [0.05, 0.1) is 11.7 Å². The Hall–Kier alpha value is -1.88. The summed E-state index contributed by atoms with van der Waals surface area (Å²) in [6.45, 7) is 7.14. The maximum absolute atomic E-state index is 12.5. The van der Waals surface area contributed by atoms with Crippen LogP contribution in [0.15, 0.2) is 24.3 Å². The molecule has 0 bridgehead atoms. The van der Waals surface area contributed by atoms with Gasteiger partial charge in [0.1, 0.15) is 0 Å². The minimum absolute atomic E-state index is 0.00220. The highest BCUT2D eigenvalue weighted by atomic mass is 16.4. The molecule has 1 saturated heterocycles. The van der Waals surface area contributed by atoms with Crippen LogP contribution in [0.3, 0.4) is 0 Å². The van der Waals surface area contributed by atoms with E-state index in [2.05, 4.69) is 20.8 Å². The molecule has 0 spiro atoms. The molecule has 22 heavy (non-hydrogen) atoms. The van der Waals surface area contributed by atoms with E-state index in [1.165, 1.54) is 12.1 Å². The van der Waals surface area contributed by atoms with Crippen molar-refractivity contribution < 1.29 is 19.8 Å². The summed E-state index contributed by atoms with van der Waals surface area (Å²) in [4.78, 5) is 25.1. The minimum Gasteiger partial charge on any atom is -0.478 e. The van der Waals surface area contributed by atoms with E-state index in [-0.39, 0.29) is 29.3 Å². The average molecular weight is 305 g/mol. The van der Waals surface area contributed by atoms with Crippen molar-refractivity contribution in [1.82, 2.24) is 4.90 Å². The number of carbonyl (C=O) groups is 2. The van der Waals surface area contributed by atoms with Gasteiger partial charge in [0.25, 0.3) is 5.91 Å². The topological polar surface area (TPSA) is 77.8 Å². The van der Waals surface area contributed by atoms with Gasteiger partial charge in [-0.2, -0.15) is 0 Å². The molecule has 1 aliphatic rings. The molecule has 1 fully saturated rings. The van der Waals surface area contributed by atoms with Crippen molar-refractivity contribution >= 4 is 11.9 Å². The third-order valence-electron chi connectivity index (χ3n) is 4.34. The predicted octanol–water partition coefficient (Wildman–Crippen LogP) is 2.25. The number of aromatic carboxylic acids is 1. The Morgan fingerprint density at radius 3 is 2.41 bits per heavy atom. The molecule has 5 nitrogen and oxygen atoms in total. The van der Waals surface area contributed by atoms with Gasteiger partial charge in [0.15, 0.2) is 0 Å². The highest BCUT2D eigenvalue weighted by Crippen LogP contribution is 2.34. The van der Waals surface area contributed by atoms with Gasteiger partial charge in [-0.25, -0.2) is 4.79 Å². The van der Waals surface area contributed by atoms with Crippen molar-refractivity contribution in [2.24, 2.45) is 11.3 Å². The number of β-amino-alcohol motifs (C(OH)–C–C–N with tert-alkyl or cyclic N) is 1. The lowest BCUT2D eigenvalue weighted by Crippen LogP contribution is -2.50. The molecule has 0 radical (unpaired) electrons. The second-order valence-corrected chi connectivity index (χ2v) is 6.97. The first-order chi connectivity index (χ1) is 10.2. The first-order valence-corrected chi connectivity index (χ1v) is 7.51. The summed E-state index contributed by atoms with van der Waals surface area (Å²) in [5.41, 5.74) is 0.440. The molecule has 2 N–H and O–H groups in total. The van der Waals surface area contributed by atoms with Crippen molar-refractivity contribution in [3.63, 3.8) is 0 Å². The number of amides is 1. The molecule has 0 aliphatic carbocycles. The first-order valence-electron chi connectivity index (χ1n) is 7.51. The normalized spacial score (nSPS) is 22.5. The van der Waals surface area contributed by atoms with Crippen LogP contribution < -0.4 is 0 Å². The Balaban J connectivity index is 2.12. The number of hydrogen-bond acceptors (Lipinski definition) is 3. The number of aliphatic hydroxyl groups is 1. The Morgan fingerprint density at radius 2 is 1.86 bits per heavy atom. The number of piperidine rings is 1. The number of likely N-dealkylation sites (tertiary alicyclic amines) is 1. The van der Waals surface area contributed by atoms with E-state index in [4.69, 9.17) is 5.11 Å². The molecule has 2 rings (SSSR count). The van der Waals surface area contributed by atoms with Crippen LogP contribution in [0.2, 0.25) is 0 Å². The lowest BCUT2D eigenvalue weighted by molar-refractivity contribution is -0.0188. The maximum atomic E-state index is 12.5. The zero-order valence-corrected chi connectivity index (χ0v) is 13.2. The smallest absolute Gasteiger partial charge is 0.335 e. The highest BCUT2D eigenvalue weighted by Gasteiger charge is 2.37. The van der Waals surface area contributed by atoms with E-state index in [1.54, 1.807) is 17.0 Å². The molecule has 5 heteroatoms. The molecule has 1 aliphatic heterocycles. The van der Waals surface area contributed by atoms with Crippen LogP contribution in [0, 0.1) is 11.3 Å². The molecule has 120 valence electrons. The molecule has 1 aromatic carbocycles. The molecule has 2 unspecified atom stereocenters. The van der Waals surface area contributed by atoms with Gasteiger partial charge < -0.3 is 15.1 Å². The number of carbonyl (C=O) groups excluding carboxylic acids is 1. The van der Waals surface area contributed by atoms with E-state index >= 15 is 0 Å². The Bertz CT molecular complexity index is 576. The van der Waals surface area contributed by atoms with E-state index in [1.807, 2.05) is 0 Å². The average Bonchev–Trinajstić information content (AvgIpc) is 2.45. The van der Waals surface area contributed by atoms with Gasteiger partial charge in [-0.15, -0.1) is 0 Å².